The van der Waals surface area contributed by atoms with Crippen molar-refractivity contribution in [1.82, 2.24) is 4.98 Å². The van der Waals surface area contributed by atoms with E-state index in [4.69, 9.17) is 0 Å². The maximum Gasteiger partial charge on any atom is 0.257 e. The van der Waals surface area contributed by atoms with Crippen LogP contribution in [0.3, 0.4) is 0 Å². The number of carbonyl (C=O) groups excluding carboxylic acids is 1. The Kier molecular flexibility index (Phi) is 5.62. The molecule has 1 aliphatic heterocycles. The Labute approximate surface area is 180 Å². The Morgan fingerprint density at radius 2 is 1.97 bits per heavy atom. The highest BCUT2D eigenvalue weighted by Gasteiger charge is 2.24. The van der Waals surface area contributed by atoms with E-state index in [0.29, 0.717) is 22.9 Å². The highest BCUT2D eigenvalue weighted by Crippen LogP contribution is 2.30. The Bertz CT molecular complexity index is 1180. The number of nitrogens with zero attached hydrogens (tertiary/aromatic N) is 2. The minimum atomic E-state index is -3.32. The number of thiazole rings is 1. The lowest BCUT2D eigenvalue weighted by atomic mass is 10.0. The van der Waals surface area contributed by atoms with Gasteiger partial charge in [0.1, 0.15) is 0 Å². The number of hydrogen-bond acceptors (Lipinski definition) is 5. The number of benzene rings is 2. The summed E-state index contributed by atoms with van der Waals surface area (Å²) in [5.74, 6) is -0.253. The second-order valence-corrected chi connectivity index (χ2v) is 10.1. The summed E-state index contributed by atoms with van der Waals surface area (Å²) in [5.41, 5.74) is 5.13. The van der Waals surface area contributed by atoms with E-state index in [0.717, 1.165) is 36.1 Å². The first kappa shape index (κ1) is 20.6. The molecule has 30 heavy (non-hydrogen) atoms. The van der Waals surface area contributed by atoms with Crippen molar-refractivity contribution in [1.29, 1.82) is 0 Å². The van der Waals surface area contributed by atoms with Gasteiger partial charge in [0.2, 0.25) is 10.0 Å². The van der Waals surface area contributed by atoms with Crippen LogP contribution in [0.1, 0.15) is 34.8 Å². The molecule has 2 aromatic carbocycles. The largest absolute Gasteiger partial charge is 0.298 e. The van der Waals surface area contributed by atoms with Gasteiger partial charge < -0.3 is 0 Å². The summed E-state index contributed by atoms with van der Waals surface area (Å²) in [4.78, 5) is 17.3. The molecule has 0 radical (unpaired) electrons. The fourth-order valence-electron chi connectivity index (χ4n) is 3.59. The van der Waals surface area contributed by atoms with Crippen molar-refractivity contribution in [2.75, 3.05) is 22.4 Å². The standard InChI is InChI=1S/C22H23N3O3S2/c1-3-15-6-8-16(9-7-15)19-14-29-22(23-19)24-21(26)18-10-11-20-17(13-18)5-4-12-25(20)30(2,27)28/h6-11,13-14H,3-5,12H2,1-2H3,(H,23,24,26). The zero-order chi connectivity index (χ0) is 21.3. The van der Waals surface area contributed by atoms with Crippen molar-refractivity contribution in [3.63, 3.8) is 0 Å². The smallest absolute Gasteiger partial charge is 0.257 e. The maximum absolute atomic E-state index is 12.7. The summed E-state index contributed by atoms with van der Waals surface area (Å²) in [6.45, 7) is 2.59. The molecule has 1 aromatic heterocycles. The zero-order valence-corrected chi connectivity index (χ0v) is 18.5. The van der Waals surface area contributed by atoms with Crippen LogP contribution in [0, 0.1) is 0 Å². The number of aryl methyl sites for hydroxylation is 2. The molecule has 0 fully saturated rings. The van der Waals surface area contributed by atoms with Gasteiger partial charge in [0.05, 0.1) is 17.6 Å². The summed E-state index contributed by atoms with van der Waals surface area (Å²) in [7, 11) is -3.32. The van der Waals surface area contributed by atoms with E-state index >= 15 is 0 Å². The van der Waals surface area contributed by atoms with Crippen LogP contribution in [0.4, 0.5) is 10.8 Å². The highest BCUT2D eigenvalue weighted by atomic mass is 32.2. The van der Waals surface area contributed by atoms with Crippen molar-refractivity contribution in [3.05, 3.63) is 64.5 Å². The lowest BCUT2D eigenvalue weighted by Crippen LogP contribution is -2.34. The molecule has 1 N–H and O–H groups in total. The summed E-state index contributed by atoms with van der Waals surface area (Å²) in [5, 5.41) is 5.31. The number of fused-ring (bicyclic) bond motifs is 1. The molecular weight excluding hydrogens is 418 g/mol. The van der Waals surface area contributed by atoms with Gasteiger partial charge in [-0.05, 0) is 48.6 Å². The molecule has 0 aliphatic carbocycles. The van der Waals surface area contributed by atoms with Gasteiger partial charge in [0, 0.05) is 23.1 Å². The van der Waals surface area contributed by atoms with E-state index in [-0.39, 0.29) is 5.91 Å². The fraction of sp³-hybridized carbons (Fsp3) is 0.273. The maximum atomic E-state index is 12.7. The van der Waals surface area contributed by atoms with E-state index in [1.54, 1.807) is 18.2 Å². The van der Waals surface area contributed by atoms with E-state index in [1.807, 2.05) is 17.5 Å². The molecule has 0 spiro atoms. The monoisotopic (exact) mass is 441 g/mol. The molecule has 3 aromatic rings. The predicted molar refractivity (Wildman–Crippen MR) is 122 cm³/mol. The van der Waals surface area contributed by atoms with Crippen molar-refractivity contribution in [2.45, 2.75) is 26.2 Å². The van der Waals surface area contributed by atoms with Gasteiger partial charge >= 0.3 is 0 Å². The second-order valence-electron chi connectivity index (χ2n) is 7.32. The number of carbonyl (C=O) groups is 1. The molecule has 0 unspecified atom stereocenters. The average molecular weight is 442 g/mol. The molecule has 0 bridgehead atoms. The first-order valence-corrected chi connectivity index (χ1v) is 12.5. The Morgan fingerprint density at radius 3 is 2.67 bits per heavy atom. The Hall–Kier alpha value is -2.71. The third-order valence-electron chi connectivity index (χ3n) is 5.20. The number of sulfonamides is 1. The molecule has 6 nitrogen and oxygen atoms in total. The summed E-state index contributed by atoms with van der Waals surface area (Å²) < 4.78 is 25.4. The van der Waals surface area contributed by atoms with Crippen LogP contribution in [-0.2, 0) is 22.9 Å². The van der Waals surface area contributed by atoms with Gasteiger partial charge in [-0.1, -0.05) is 31.2 Å². The summed E-state index contributed by atoms with van der Waals surface area (Å²) >= 11 is 1.38. The van der Waals surface area contributed by atoms with E-state index in [2.05, 4.69) is 29.4 Å². The van der Waals surface area contributed by atoms with Crippen LogP contribution >= 0.6 is 11.3 Å². The molecule has 4 rings (SSSR count). The third-order valence-corrected chi connectivity index (χ3v) is 7.14. The molecule has 0 saturated carbocycles. The van der Waals surface area contributed by atoms with Crippen LogP contribution in [-0.4, -0.2) is 32.1 Å². The van der Waals surface area contributed by atoms with Crippen LogP contribution in [0.25, 0.3) is 11.3 Å². The minimum Gasteiger partial charge on any atom is -0.298 e. The normalized spacial score (nSPS) is 13.7. The molecule has 1 aliphatic rings. The molecule has 0 atom stereocenters. The van der Waals surface area contributed by atoms with Crippen LogP contribution in [0.5, 0.6) is 0 Å². The number of anilines is 2. The van der Waals surface area contributed by atoms with Gasteiger partial charge in [-0.25, -0.2) is 13.4 Å². The highest BCUT2D eigenvalue weighted by molar-refractivity contribution is 7.92. The number of nitrogens with one attached hydrogen (secondary N) is 1. The van der Waals surface area contributed by atoms with Crippen LogP contribution in [0.15, 0.2) is 47.8 Å². The number of hydrogen-bond donors (Lipinski definition) is 1. The van der Waals surface area contributed by atoms with Crippen molar-refractivity contribution in [3.8, 4) is 11.3 Å². The number of rotatable bonds is 5. The SMILES string of the molecule is CCc1ccc(-c2csc(NC(=O)c3ccc4c(c3)CCCN4S(C)(=O)=O)n2)cc1. The van der Waals surface area contributed by atoms with E-state index in [9.17, 15) is 13.2 Å². The molecule has 156 valence electrons. The molecule has 8 heteroatoms. The second kappa shape index (κ2) is 8.20. The van der Waals surface area contributed by atoms with Gasteiger partial charge in [0.25, 0.3) is 5.91 Å². The summed E-state index contributed by atoms with van der Waals surface area (Å²) in [6, 6.07) is 13.4. The first-order valence-electron chi connectivity index (χ1n) is 9.82. The number of amides is 1. The summed E-state index contributed by atoms with van der Waals surface area (Å²) in [6.07, 6.45) is 3.68. The zero-order valence-electron chi connectivity index (χ0n) is 16.9. The van der Waals surface area contributed by atoms with Crippen LogP contribution < -0.4 is 9.62 Å². The van der Waals surface area contributed by atoms with Crippen molar-refractivity contribution < 1.29 is 13.2 Å². The van der Waals surface area contributed by atoms with Crippen LogP contribution in [0.2, 0.25) is 0 Å². The van der Waals surface area contributed by atoms with Crippen molar-refractivity contribution >= 4 is 38.1 Å². The molecule has 2 heterocycles. The lowest BCUT2D eigenvalue weighted by Gasteiger charge is -2.29. The average Bonchev–Trinajstić information content (AvgIpc) is 3.20. The Morgan fingerprint density at radius 1 is 1.20 bits per heavy atom. The molecule has 1 amide bonds. The Balaban J connectivity index is 1.51. The number of aromatic nitrogens is 1. The van der Waals surface area contributed by atoms with Gasteiger partial charge in [-0.3, -0.25) is 14.4 Å². The minimum absolute atomic E-state index is 0.253. The fourth-order valence-corrected chi connectivity index (χ4v) is 5.30. The van der Waals surface area contributed by atoms with E-state index in [1.165, 1.54) is 27.5 Å². The molecular formula is C22H23N3O3S2. The molecule has 0 saturated heterocycles. The topological polar surface area (TPSA) is 79.4 Å². The van der Waals surface area contributed by atoms with E-state index < -0.39 is 10.0 Å². The van der Waals surface area contributed by atoms with Gasteiger partial charge in [0.15, 0.2) is 5.13 Å². The third kappa shape index (κ3) is 4.24. The first-order chi connectivity index (χ1) is 14.3. The van der Waals surface area contributed by atoms with Gasteiger partial charge in [-0.15, -0.1) is 11.3 Å². The van der Waals surface area contributed by atoms with Crippen molar-refractivity contribution in [2.24, 2.45) is 0 Å². The van der Waals surface area contributed by atoms with Gasteiger partial charge in [-0.2, -0.15) is 0 Å². The predicted octanol–water partition coefficient (Wildman–Crippen LogP) is 4.34. The lowest BCUT2D eigenvalue weighted by molar-refractivity contribution is 0.102. The quantitative estimate of drug-likeness (QED) is 0.639.